The van der Waals surface area contributed by atoms with Crippen LogP contribution in [0.1, 0.15) is 19.1 Å². The van der Waals surface area contributed by atoms with E-state index in [-0.39, 0.29) is 48.1 Å². The van der Waals surface area contributed by atoms with Crippen molar-refractivity contribution in [3.63, 3.8) is 0 Å². The van der Waals surface area contributed by atoms with Crippen molar-refractivity contribution in [2.24, 2.45) is 5.92 Å². The number of nitrogen functional groups attached to an aromatic ring is 1. The number of nitrogens with zero attached hydrogens (tertiary/aromatic N) is 5. The highest BCUT2D eigenvalue weighted by molar-refractivity contribution is 8.60. The van der Waals surface area contributed by atoms with E-state index in [0.717, 1.165) is 6.20 Å². The Kier molecular flexibility index (Phi) is 8.44. The fourth-order valence-corrected chi connectivity index (χ4v) is 8.68. The number of imidazole rings is 1. The van der Waals surface area contributed by atoms with Crippen LogP contribution in [0.25, 0.3) is 11.2 Å². The molecule has 5 heterocycles. The van der Waals surface area contributed by atoms with Gasteiger partial charge in [-0.05, 0) is 36.5 Å². The molecule has 2 unspecified atom stereocenters. The van der Waals surface area contributed by atoms with Crippen LogP contribution < -0.4 is 16.6 Å². The van der Waals surface area contributed by atoms with E-state index in [1.165, 1.54) is 17.2 Å². The molecule has 42 heavy (non-hydrogen) atoms. The van der Waals surface area contributed by atoms with Gasteiger partial charge in [-0.25, -0.2) is 19.3 Å². The van der Waals surface area contributed by atoms with E-state index in [1.807, 2.05) is 0 Å². The molecule has 2 aliphatic heterocycles. The number of aromatic nitrogens is 6. The van der Waals surface area contributed by atoms with Crippen LogP contribution in [-0.2, 0) is 46.4 Å². The number of nitrogens with one attached hydrogen (secondary N) is 2. The number of rotatable bonds is 3. The van der Waals surface area contributed by atoms with E-state index < -0.39 is 54.4 Å². The summed E-state index contributed by atoms with van der Waals surface area (Å²) < 4.78 is 45.1. The number of halogens is 1. The Bertz CT molecular complexity index is 1650. The lowest BCUT2D eigenvalue weighted by Gasteiger charge is -2.28. The van der Waals surface area contributed by atoms with Crippen molar-refractivity contribution in [2.45, 2.75) is 49.5 Å². The second kappa shape index (κ2) is 11.7. The first-order valence-corrected chi connectivity index (χ1v) is 18.9. The van der Waals surface area contributed by atoms with Crippen molar-refractivity contribution < 1.29 is 37.2 Å². The normalized spacial score (nSPS) is 37.5. The van der Waals surface area contributed by atoms with E-state index in [0.29, 0.717) is 12.8 Å². The highest BCUT2D eigenvalue weighted by atomic mass is 32.9. The lowest BCUT2D eigenvalue weighted by molar-refractivity contribution is -0.0493. The minimum Gasteiger partial charge on any atom is -0.387 e. The number of fused-ring (bicyclic) bond motifs is 4. The molecular weight excluding hydrogens is 657 g/mol. The SMILES string of the molecule is Nc1nc2c(ncn2[C@@H]2O[C@@H]3COP(O)(=S)O[C@H]4C[C@H](Nc5ncncc5F)C[C@@H]4COP(=S)(S)O[C@@H]2[C@@H]3O)c(=O)[nH]1. The van der Waals surface area contributed by atoms with Crippen LogP contribution in [0.2, 0.25) is 0 Å². The molecule has 0 amide bonds. The first kappa shape index (κ1) is 30.4. The van der Waals surface area contributed by atoms with Gasteiger partial charge in [0.1, 0.15) is 24.6 Å². The zero-order valence-corrected chi connectivity index (χ0v) is 25.6. The maximum Gasteiger partial charge on any atom is 0.324 e. The maximum atomic E-state index is 14.2. The maximum absolute atomic E-state index is 14.2. The van der Waals surface area contributed by atoms with Crippen molar-refractivity contribution >= 4 is 71.2 Å². The summed E-state index contributed by atoms with van der Waals surface area (Å²) in [6.07, 6.45) is -1.15. The summed E-state index contributed by atoms with van der Waals surface area (Å²) in [7, 11) is 0. The molecule has 6 N–H and O–H groups in total. The number of aromatic amines is 1. The zero-order valence-electron chi connectivity index (χ0n) is 21.3. The van der Waals surface area contributed by atoms with Crippen LogP contribution in [0, 0.1) is 11.7 Å². The molecule has 0 aromatic carbocycles. The Morgan fingerprint density at radius 2 is 2.02 bits per heavy atom. The third-order valence-corrected chi connectivity index (χ3v) is 10.8. The number of ether oxygens (including phenoxy) is 1. The van der Waals surface area contributed by atoms with Crippen molar-refractivity contribution in [1.29, 1.82) is 0 Å². The molecule has 9 atom stereocenters. The van der Waals surface area contributed by atoms with Crippen LogP contribution in [-0.4, -0.2) is 83.2 Å². The quantitative estimate of drug-likeness (QED) is 0.168. The standard InChI is InChI=1S/C20H25FN8O8P2S3/c21-10-3-23-6-24-16(10)26-9-1-8-4-34-39(41,42)37-15-14(30)12(5-33-38(32,40)36-11(8)2-9)35-19(15)29-7-25-13-17(29)27-20(22)28-18(13)31/h3,6-9,11-12,14-15,19,30H,1-2,4-5H2,(H,32,40)(H,41,42)(H,23,24,26)(H3,22,27,28,31)/t8-,9-,11+,12-,14-,15-,19-,38?/m1/s1. The molecule has 228 valence electrons. The predicted molar refractivity (Wildman–Crippen MR) is 156 cm³/mol. The Balaban J connectivity index is 1.27. The molecule has 16 nitrogen and oxygen atoms in total. The second-order valence-electron chi connectivity index (χ2n) is 9.87. The van der Waals surface area contributed by atoms with E-state index in [4.69, 9.17) is 52.2 Å². The number of hydrogen-bond acceptors (Lipinski definition) is 15. The molecule has 3 aromatic heterocycles. The fraction of sp³-hybridized carbons (Fsp3) is 0.550. The van der Waals surface area contributed by atoms with Gasteiger partial charge in [0.25, 0.3) is 5.56 Å². The summed E-state index contributed by atoms with van der Waals surface area (Å²) in [4.78, 5) is 41.4. The molecule has 2 bridgehead atoms. The molecule has 3 fully saturated rings. The summed E-state index contributed by atoms with van der Waals surface area (Å²) in [5.41, 5.74) is 1.84. The molecule has 0 radical (unpaired) electrons. The van der Waals surface area contributed by atoms with Crippen LogP contribution in [0.3, 0.4) is 0 Å². The molecule has 2 saturated heterocycles. The smallest absolute Gasteiger partial charge is 0.324 e. The molecule has 1 saturated carbocycles. The average Bonchev–Trinajstić information content (AvgIpc) is 3.58. The summed E-state index contributed by atoms with van der Waals surface area (Å²) in [5.74, 6) is -1.14. The Labute approximate surface area is 252 Å². The fourth-order valence-electron chi connectivity index (χ4n) is 5.19. The van der Waals surface area contributed by atoms with Gasteiger partial charge in [-0.1, -0.05) is 12.2 Å². The summed E-state index contributed by atoms with van der Waals surface area (Å²) in [5, 5.41) is 14.2. The van der Waals surface area contributed by atoms with E-state index in [9.17, 15) is 19.2 Å². The number of H-pyrrole nitrogens is 1. The van der Waals surface area contributed by atoms with Gasteiger partial charge in [-0.3, -0.25) is 14.3 Å². The molecular formula is C20H25FN8O8P2S3. The van der Waals surface area contributed by atoms with Gasteiger partial charge >= 0.3 is 6.72 Å². The minimum atomic E-state index is -3.87. The number of aliphatic hydroxyl groups is 1. The molecule has 1 aliphatic carbocycles. The number of nitrogens with two attached hydrogens (primary N) is 1. The van der Waals surface area contributed by atoms with Crippen molar-refractivity contribution in [3.8, 4) is 0 Å². The van der Waals surface area contributed by atoms with Crippen LogP contribution in [0.5, 0.6) is 0 Å². The van der Waals surface area contributed by atoms with Gasteiger partial charge in [-0.15, -0.1) is 0 Å². The highest BCUT2D eigenvalue weighted by Gasteiger charge is 2.50. The van der Waals surface area contributed by atoms with Gasteiger partial charge in [0.15, 0.2) is 29.0 Å². The third kappa shape index (κ3) is 6.27. The first-order valence-electron chi connectivity index (χ1n) is 12.5. The minimum absolute atomic E-state index is 0.0195. The molecule has 22 heteroatoms. The van der Waals surface area contributed by atoms with Gasteiger partial charge in [-0.2, -0.15) is 4.98 Å². The van der Waals surface area contributed by atoms with Gasteiger partial charge in [0, 0.05) is 12.0 Å². The van der Waals surface area contributed by atoms with Gasteiger partial charge in [0.2, 0.25) is 11.6 Å². The average molecular weight is 683 g/mol. The largest absolute Gasteiger partial charge is 0.387 e. The van der Waals surface area contributed by atoms with Crippen LogP contribution >= 0.6 is 24.7 Å². The van der Waals surface area contributed by atoms with E-state index in [2.05, 4.69) is 42.5 Å². The van der Waals surface area contributed by atoms with E-state index in [1.54, 1.807) is 0 Å². The molecule has 3 aliphatic rings. The van der Waals surface area contributed by atoms with Crippen molar-refractivity contribution in [1.82, 2.24) is 29.5 Å². The Morgan fingerprint density at radius 3 is 2.81 bits per heavy atom. The number of thiol groups is 1. The zero-order chi connectivity index (χ0) is 29.8. The third-order valence-electron chi connectivity index (χ3n) is 7.05. The van der Waals surface area contributed by atoms with Crippen LogP contribution in [0.15, 0.2) is 23.6 Å². The number of aliphatic hydroxyl groups excluding tert-OH is 1. The lowest BCUT2D eigenvalue weighted by atomic mass is 10.1. The van der Waals surface area contributed by atoms with Gasteiger partial charge < -0.3 is 43.9 Å². The summed E-state index contributed by atoms with van der Waals surface area (Å²) in [6, 6.07) is -0.321. The van der Waals surface area contributed by atoms with Crippen LogP contribution in [0.4, 0.5) is 16.2 Å². The summed E-state index contributed by atoms with van der Waals surface area (Å²) >= 11 is 15.3. The Morgan fingerprint density at radius 1 is 1.21 bits per heavy atom. The van der Waals surface area contributed by atoms with Gasteiger partial charge in [0.05, 0.1) is 31.8 Å². The first-order chi connectivity index (χ1) is 19.9. The molecule has 3 aromatic rings. The van der Waals surface area contributed by atoms with Crippen molar-refractivity contribution in [2.75, 3.05) is 24.3 Å². The van der Waals surface area contributed by atoms with Crippen molar-refractivity contribution in [3.05, 3.63) is 35.0 Å². The molecule has 0 spiro atoms. The number of anilines is 2. The summed E-state index contributed by atoms with van der Waals surface area (Å²) in [6.45, 7) is -4.28. The topological polar surface area (TPSA) is 214 Å². The lowest BCUT2D eigenvalue weighted by Crippen LogP contribution is -2.35. The predicted octanol–water partition coefficient (Wildman–Crippen LogP) is 0.968. The highest BCUT2D eigenvalue weighted by Crippen LogP contribution is 2.59. The monoisotopic (exact) mass is 682 g/mol. The Hall–Kier alpha value is -1.67. The van der Waals surface area contributed by atoms with E-state index >= 15 is 0 Å². The molecule has 6 rings (SSSR count). The number of hydrogen-bond donors (Lipinski definition) is 6. The second-order valence-corrected chi connectivity index (χ2v) is 17.9.